The van der Waals surface area contributed by atoms with Crippen LogP contribution in [0.3, 0.4) is 0 Å². The van der Waals surface area contributed by atoms with Crippen molar-refractivity contribution in [1.29, 1.82) is 0 Å². The Bertz CT molecular complexity index is 632. The van der Waals surface area contributed by atoms with Crippen molar-refractivity contribution in [3.63, 3.8) is 0 Å². The number of benzene rings is 1. The van der Waals surface area contributed by atoms with E-state index in [0.29, 0.717) is 44.3 Å². The number of hydrogen-bond acceptors (Lipinski definition) is 4. The number of ether oxygens (including phenoxy) is 1. The summed E-state index contributed by atoms with van der Waals surface area (Å²) in [6.45, 7) is 10.4. The molecule has 1 N–H and O–H groups in total. The monoisotopic (exact) mass is 388 g/mol. The molecule has 1 unspecified atom stereocenters. The molecule has 1 fully saturated rings. The van der Waals surface area contributed by atoms with E-state index < -0.39 is 0 Å². The summed E-state index contributed by atoms with van der Waals surface area (Å²) in [6, 6.07) is 8.91. The number of carbonyl (C=O) groups is 2. The predicted molar refractivity (Wildman–Crippen MR) is 112 cm³/mol. The number of amides is 1. The second-order valence-corrected chi connectivity index (χ2v) is 8.62. The van der Waals surface area contributed by atoms with Crippen LogP contribution in [0.25, 0.3) is 0 Å². The summed E-state index contributed by atoms with van der Waals surface area (Å²) >= 11 is 0. The molecular formula is C23H36N2O3. The van der Waals surface area contributed by atoms with Gasteiger partial charge in [-0.25, -0.2) is 0 Å². The van der Waals surface area contributed by atoms with Crippen LogP contribution in [0.1, 0.15) is 57.7 Å². The number of nitrogens with one attached hydrogen (secondary N) is 1. The molecule has 1 saturated heterocycles. The van der Waals surface area contributed by atoms with E-state index in [1.54, 1.807) is 0 Å². The minimum atomic E-state index is -0.161. The zero-order valence-electron chi connectivity index (χ0n) is 18.0. The molecule has 2 rings (SSSR count). The van der Waals surface area contributed by atoms with Gasteiger partial charge >= 0.3 is 5.97 Å². The van der Waals surface area contributed by atoms with Crippen molar-refractivity contribution >= 4 is 11.9 Å². The molecule has 0 spiro atoms. The fraction of sp³-hybridized carbons (Fsp3) is 0.652. The Morgan fingerprint density at radius 1 is 1.11 bits per heavy atom. The van der Waals surface area contributed by atoms with Crippen LogP contribution >= 0.6 is 0 Å². The first-order chi connectivity index (χ1) is 13.3. The van der Waals surface area contributed by atoms with Gasteiger partial charge < -0.3 is 15.0 Å². The first-order valence-electron chi connectivity index (χ1n) is 10.5. The highest BCUT2D eigenvalue weighted by Gasteiger charge is 2.28. The van der Waals surface area contributed by atoms with E-state index in [1.165, 1.54) is 18.2 Å². The summed E-state index contributed by atoms with van der Waals surface area (Å²) in [6.07, 6.45) is 2.45. The van der Waals surface area contributed by atoms with Gasteiger partial charge in [0.2, 0.25) is 5.91 Å². The standard InChI is InChI=1S/C23H36N2O3/c1-16(2)14-18-6-8-19(9-7-18)22(17(3)4)24-15-21(26)25-12-10-20(11-13-25)23(27)28-5/h6-9,16-17,20,22,24H,10-15H2,1-5H3. The fourth-order valence-corrected chi connectivity index (χ4v) is 3.91. The molecule has 28 heavy (non-hydrogen) atoms. The Kier molecular flexibility index (Phi) is 8.49. The maximum atomic E-state index is 12.6. The number of likely N-dealkylation sites (tertiary alicyclic amines) is 1. The average Bonchev–Trinajstić information content (AvgIpc) is 2.68. The lowest BCUT2D eigenvalue weighted by atomic mass is 9.93. The normalized spacial score (nSPS) is 16.5. The molecule has 156 valence electrons. The molecule has 1 aliphatic rings. The Labute approximate surface area is 169 Å². The SMILES string of the molecule is COC(=O)C1CCN(C(=O)CNC(c2ccc(CC(C)C)cc2)C(C)C)CC1. The third-order valence-electron chi connectivity index (χ3n) is 5.50. The summed E-state index contributed by atoms with van der Waals surface area (Å²) in [5.74, 6) is 0.894. The van der Waals surface area contributed by atoms with Crippen molar-refractivity contribution in [3.05, 3.63) is 35.4 Å². The van der Waals surface area contributed by atoms with Crippen molar-refractivity contribution in [3.8, 4) is 0 Å². The molecule has 1 heterocycles. The molecule has 0 bridgehead atoms. The summed E-state index contributed by atoms with van der Waals surface area (Å²) in [5, 5.41) is 3.46. The fourth-order valence-electron chi connectivity index (χ4n) is 3.91. The van der Waals surface area contributed by atoms with Gasteiger partial charge in [0.15, 0.2) is 0 Å². The number of methoxy groups -OCH3 is 1. The number of rotatable bonds is 8. The van der Waals surface area contributed by atoms with Crippen molar-refractivity contribution in [2.24, 2.45) is 17.8 Å². The second-order valence-electron chi connectivity index (χ2n) is 8.62. The maximum absolute atomic E-state index is 12.6. The molecule has 1 aromatic carbocycles. The number of piperidine rings is 1. The van der Waals surface area contributed by atoms with Gasteiger partial charge in [-0.15, -0.1) is 0 Å². The van der Waals surface area contributed by atoms with E-state index in [4.69, 9.17) is 4.74 Å². The second kappa shape index (κ2) is 10.6. The van der Waals surface area contributed by atoms with Crippen molar-refractivity contribution < 1.29 is 14.3 Å². The highest BCUT2D eigenvalue weighted by molar-refractivity contribution is 5.79. The van der Waals surface area contributed by atoms with Crippen LogP contribution < -0.4 is 5.32 Å². The van der Waals surface area contributed by atoms with Crippen molar-refractivity contribution in [1.82, 2.24) is 10.2 Å². The largest absolute Gasteiger partial charge is 0.469 e. The molecule has 0 aromatic heterocycles. The maximum Gasteiger partial charge on any atom is 0.308 e. The van der Waals surface area contributed by atoms with Crippen LogP contribution in [0.15, 0.2) is 24.3 Å². The van der Waals surface area contributed by atoms with Crippen LogP contribution in [0.2, 0.25) is 0 Å². The van der Waals surface area contributed by atoms with Gasteiger partial charge in [-0.2, -0.15) is 0 Å². The Morgan fingerprint density at radius 3 is 2.21 bits per heavy atom. The lowest BCUT2D eigenvalue weighted by molar-refractivity contribution is -0.148. The quantitative estimate of drug-likeness (QED) is 0.692. The Hall–Kier alpha value is -1.88. The van der Waals surface area contributed by atoms with Crippen LogP contribution in [0.4, 0.5) is 0 Å². The van der Waals surface area contributed by atoms with E-state index in [-0.39, 0.29) is 23.8 Å². The lowest BCUT2D eigenvalue weighted by Gasteiger charge is -2.32. The molecule has 1 atom stereocenters. The molecule has 0 radical (unpaired) electrons. The van der Waals surface area contributed by atoms with E-state index in [2.05, 4.69) is 57.3 Å². The summed E-state index contributed by atoms with van der Waals surface area (Å²) in [5.41, 5.74) is 2.57. The molecule has 1 aromatic rings. The topological polar surface area (TPSA) is 58.6 Å². The molecule has 1 amide bonds. The molecule has 5 nitrogen and oxygen atoms in total. The Balaban J connectivity index is 1.89. The molecule has 1 aliphatic heterocycles. The summed E-state index contributed by atoms with van der Waals surface area (Å²) in [4.78, 5) is 26.1. The van der Waals surface area contributed by atoms with Crippen molar-refractivity contribution in [2.75, 3.05) is 26.7 Å². The average molecular weight is 389 g/mol. The number of carbonyl (C=O) groups excluding carboxylic acids is 2. The summed E-state index contributed by atoms with van der Waals surface area (Å²) < 4.78 is 4.81. The molecule has 0 aliphatic carbocycles. The lowest BCUT2D eigenvalue weighted by Crippen LogP contribution is -2.45. The first kappa shape index (κ1) is 22.4. The van der Waals surface area contributed by atoms with Gasteiger partial charge in [0.25, 0.3) is 0 Å². The molecule has 0 saturated carbocycles. The van der Waals surface area contributed by atoms with Gasteiger partial charge in [-0.3, -0.25) is 9.59 Å². The van der Waals surface area contributed by atoms with Gasteiger partial charge in [0, 0.05) is 19.1 Å². The minimum absolute atomic E-state index is 0.0743. The zero-order valence-corrected chi connectivity index (χ0v) is 18.0. The van der Waals surface area contributed by atoms with Gasteiger partial charge in [-0.1, -0.05) is 52.0 Å². The number of nitrogens with zero attached hydrogens (tertiary/aromatic N) is 1. The van der Waals surface area contributed by atoms with Crippen LogP contribution in [-0.4, -0.2) is 43.5 Å². The minimum Gasteiger partial charge on any atom is -0.469 e. The summed E-state index contributed by atoms with van der Waals surface area (Å²) in [7, 11) is 1.42. The van der Waals surface area contributed by atoms with Crippen LogP contribution in [0, 0.1) is 17.8 Å². The Morgan fingerprint density at radius 2 is 1.71 bits per heavy atom. The first-order valence-corrected chi connectivity index (χ1v) is 10.5. The van der Waals surface area contributed by atoms with E-state index in [0.717, 1.165) is 6.42 Å². The van der Waals surface area contributed by atoms with E-state index >= 15 is 0 Å². The van der Waals surface area contributed by atoms with Crippen molar-refractivity contribution in [2.45, 2.75) is 53.0 Å². The molecule has 5 heteroatoms. The zero-order chi connectivity index (χ0) is 20.7. The predicted octanol–water partition coefficient (Wildman–Crippen LogP) is 3.58. The number of hydrogen-bond donors (Lipinski definition) is 1. The van der Waals surface area contributed by atoms with Gasteiger partial charge in [-0.05, 0) is 42.2 Å². The van der Waals surface area contributed by atoms with E-state index in [9.17, 15) is 9.59 Å². The van der Waals surface area contributed by atoms with E-state index in [1.807, 2.05) is 4.90 Å². The highest BCUT2D eigenvalue weighted by atomic mass is 16.5. The highest BCUT2D eigenvalue weighted by Crippen LogP contribution is 2.23. The third kappa shape index (κ3) is 6.33. The van der Waals surface area contributed by atoms with Crippen LogP contribution in [0.5, 0.6) is 0 Å². The third-order valence-corrected chi connectivity index (χ3v) is 5.50. The molecular weight excluding hydrogens is 352 g/mol. The van der Waals surface area contributed by atoms with Gasteiger partial charge in [0.1, 0.15) is 0 Å². The van der Waals surface area contributed by atoms with Gasteiger partial charge in [0.05, 0.1) is 19.6 Å². The van der Waals surface area contributed by atoms with Crippen LogP contribution in [-0.2, 0) is 20.7 Å². The smallest absolute Gasteiger partial charge is 0.308 e. The number of esters is 1.